The number of benzene rings is 2. The molecule has 0 amide bonds. The fourth-order valence-corrected chi connectivity index (χ4v) is 4.31. The predicted octanol–water partition coefficient (Wildman–Crippen LogP) is 3.45. The van der Waals surface area contributed by atoms with Crippen LogP contribution in [0.2, 0.25) is 0 Å². The Hall–Kier alpha value is -3.12. The Bertz CT molecular complexity index is 1150. The van der Waals surface area contributed by atoms with Gasteiger partial charge in [-0.15, -0.1) is 0 Å². The largest absolute Gasteiger partial charge is 0.497 e. The number of aryl methyl sites for hydroxylation is 1. The van der Waals surface area contributed by atoms with Gasteiger partial charge < -0.3 is 14.2 Å². The van der Waals surface area contributed by atoms with Crippen molar-refractivity contribution in [1.82, 2.24) is 19.4 Å². The number of ether oxygens (including phenoxy) is 1. The monoisotopic (exact) mass is 387 g/mol. The van der Waals surface area contributed by atoms with Gasteiger partial charge in [0.2, 0.25) is 0 Å². The van der Waals surface area contributed by atoms with E-state index in [1.165, 1.54) is 5.56 Å². The van der Waals surface area contributed by atoms with Crippen LogP contribution in [0, 0.1) is 0 Å². The molecule has 29 heavy (non-hydrogen) atoms. The first-order valence-corrected chi connectivity index (χ1v) is 10.0. The van der Waals surface area contributed by atoms with Crippen molar-refractivity contribution in [3.63, 3.8) is 0 Å². The zero-order chi connectivity index (χ0) is 19.8. The molecule has 1 fully saturated rings. The van der Waals surface area contributed by atoms with Crippen LogP contribution >= 0.6 is 0 Å². The van der Waals surface area contributed by atoms with Crippen molar-refractivity contribution < 1.29 is 4.74 Å². The summed E-state index contributed by atoms with van der Waals surface area (Å²) >= 11 is 0. The maximum Gasteiger partial charge on any atom is 0.156 e. The lowest BCUT2D eigenvalue weighted by molar-refractivity contribution is 0.249. The van der Waals surface area contributed by atoms with Gasteiger partial charge in [-0.05, 0) is 23.8 Å². The van der Waals surface area contributed by atoms with Gasteiger partial charge in [0.25, 0.3) is 0 Å². The third-order valence-electron chi connectivity index (χ3n) is 5.88. The molecular formula is C23H25N5O. The Balaban J connectivity index is 1.44. The Morgan fingerprint density at radius 2 is 1.76 bits per heavy atom. The molecular weight excluding hydrogens is 362 g/mol. The fraction of sp³-hybridized carbons (Fsp3) is 0.304. The van der Waals surface area contributed by atoms with Gasteiger partial charge in [0.1, 0.15) is 23.1 Å². The van der Waals surface area contributed by atoms with Gasteiger partial charge in [0.05, 0.1) is 12.6 Å². The Morgan fingerprint density at radius 3 is 2.52 bits per heavy atom. The zero-order valence-electron chi connectivity index (χ0n) is 16.9. The first kappa shape index (κ1) is 17.9. The van der Waals surface area contributed by atoms with E-state index < -0.39 is 0 Å². The van der Waals surface area contributed by atoms with E-state index in [-0.39, 0.29) is 0 Å². The van der Waals surface area contributed by atoms with Gasteiger partial charge in [-0.2, -0.15) is 0 Å². The number of nitrogens with zero attached hydrogens (tertiary/aromatic N) is 5. The molecule has 5 rings (SSSR count). The number of hydrogen-bond donors (Lipinski definition) is 0. The molecule has 0 N–H and O–H groups in total. The van der Waals surface area contributed by atoms with E-state index in [2.05, 4.69) is 73.8 Å². The minimum Gasteiger partial charge on any atom is -0.497 e. The molecule has 0 bridgehead atoms. The average Bonchev–Trinajstić information content (AvgIpc) is 3.07. The van der Waals surface area contributed by atoms with Crippen molar-refractivity contribution in [2.75, 3.05) is 38.2 Å². The molecule has 0 unspecified atom stereocenters. The summed E-state index contributed by atoms with van der Waals surface area (Å²) in [6.45, 7) is 4.98. The van der Waals surface area contributed by atoms with Crippen LogP contribution in [-0.2, 0) is 13.6 Å². The van der Waals surface area contributed by atoms with Gasteiger partial charge in [0, 0.05) is 45.2 Å². The summed E-state index contributed by atoms with van der Waals surface area (Å²) in [5, 5.41) is 1.10. The summed E-state index contributed by atoms with van der Waals surface area (Å²) < 4.78 is 7.62. The summed E-state index contributed by atoms with van der Waals surface area (Å²) in [6, 6.07) is 16.8. The number of rotatable bonds is 4. The maximum absolute atomic E-state index is 5.42. The first-order chi connectivity index (χ1) is 14.2. The number of aromatic nitrogens is 3. The molecule has 0 radical (unpaired) electrons. The molecule has 4 aromatic rings. The highest BCUT2D eigenvalue weighted by Gasteiger charge is 2.23. The predicted molar refractivity (Wildman–Crippen MR) is 116 cm³/mol. The minimum atomic E-state index is 0.847. The molecule has 0 aliphatic carbocycles. The SMILES string of the molecule is COc1ccc2c(c1)c1ncnc(N3CCN(Cc4ccccc4)CC3)c1n2C. The third kappa shape index (κ3) is 3.19. The molecule has 2 aromatic heterocycles. The summed E-state index contributed by atoms with van der Waals surface area (Å²) in [5.41, 5.74) is 4.59. The first-order valence-electron chi connectivity index (χ1n) is 10.0. The zero-order valence-corrected chi connectivity index (χ0v) is 16.9. The molecule has 0 spiro atoms. The van der Waals surface area contributed by atoms with Crippen LogP contribution in [0.4, 0.5) is 5.82 Å². The van der Waals surface area contributed by atoms with E-state index >= 15 is 0 Å². The molecule has 1 aliphatic rings. The van der Waals surface area contributed by atoms with Crippen molar-refractivity contribution in [2.45, 2.75) is 6.54 Å². The summed E-state index contributed by atoms with van der Waals surface area (Å²) in [4.78, 5) is 14.2. The van der Waals surface area contributed by atoms with E-state index in [0.29, 0.717) is 0 Å². The Kier molecular flexibility index (Phi) is 4.56. The lowest BCUT2D eigenvalue weighted by atomic mass is 10.2. The number of piperazine rings is 1. The highest BCUT2D eigenvalue weighted by molar-refractivity contribution is 6.09. The second-order valence-corrected chi connectivity index (χ2v) is 7.59. The van der Waals surface area contributed by atoms with Crippen LogP contribution in [0.3, 0.4) is 0 Å². The van der Waals surface area contributed by atoms with Crippen molar-refractivity contribution in [3.8, 4) is 5.75 Å². The van der Waals surface area contributed by atoms with E-state index in [9.17, 15) is 0 Å². The standard InChI is InChI=1S/C23H25N5O/c1-26-20-9-8-18(29-2)14-19(20)21-22(26)23(25-16-24-21)28-12-10-27(11-13-28)15-17-6-4-3-5-7-17/h3-9,14,16H,10-13,15H2,1-2H3. The number of fused-ring (bicyclic) bond motifs is 3. The molecule has 148 valence electrons. The van der Waals surface area contributed by atoms with Gasteiger partial charge in [-0.1, -0.05) is 30.3 Å². The molecule has 0 atom stereocenters. The number of anilines is 1. The summed E-state index contributed by atoms with van der Waals surface area (Å²) in [6.07, 6.45) is 1.69. The molecule has 6 heteroatoms. The van der Waals surface area contributed by atoms with E-state index in [1.807, 2.05) is 6.07 Å². The van der Waals surface area contributed by atoms with Crippen molar-refractivity contribution >= 4 is 27.8 Å². The summed E-state index contributed by atoms with van der Waals surface area (Å²) in [5.74, 6) is 1.87. The topological polar surface area (TPSA) is 46.4 Å². The lowest BCUT2D eigenvalue weighted by Crippen LogP contribution is -2.46. The summed E-state index contributed by atoms with van der Waals surface area (Å²) in [7, 11) is 3.79. The molecule has 3 heterocycles. The smallest absolute Gasteiger partial charge is 0.156 e. The van der Waals surface area contributed by atoms with Crippen molar-refractivity contribution in [3.05, 3.63) is 60.4 Å². The third-order valence-corrected chi connectivity index (χ3v) is 5.88. The Morgan fingerprint density at radius 1 is 0.966 bits per heavy atom. The maximum atomic E-state index is 5.42. The molecule has 0 saturated carbocycles. The van der Waals surface area contributed by atoms with E-state index in [1.54, 1.807) is 13.4 Å². The van der Waals surface area contributed by atoms with Crippen LogP contribution in [0.25, 0.3) is 21.9 Å². The minimum absolute atomic E-state index is 0.847. The average molecular weight is 387 g/mol. The second-order valence-electron chi connectivity index (χ2n) is 7.59. The lowest BCUT2D eigenvalue weighted by Gasteiger charge is -2.35. The van der Waals surface area contributed by atoms with E-state index in [4.69, 9.17) is 4.74 Å². The highest BCUT2D eigenvalue weighted by atomic mass is 16.5. The van der Waals surface area contributed by atoms with E-state index in [0.717, 1.165) is 66.2 Å². The number of methoxy groups -OCH3 is 1. The second kappa shape index (κ2) is 7.37. The van der Waals surface area contributed by atoms with Crippen LogP contribution in [0.5, 0.6) is 5.75 Å². The van der Waals surface area contributed by atoms with Crippen LogP contribution < -0.4 is 9.64 Å². The Labute approximate surface area is 170 Å². The van der Waals surface area contributed by atoms with Gasteiger partial charge in [0.15, 0.2) is 5.82 Å². The molecule has 2 aromatic carbocycles. The molecule has 1 aliphatic heterocycles. The van der Waals surface area contributed by atoms with Crippen LogP contribution in [0.15, 0.2) is 54.9 Å². The van der Waals surface area contributed by atoms with Gasteiger partial charge in [-0.3, -0.25) is 4.90 Å². The molecule has 1 saturated heterocycles. The van der Waals surface area contributed by atoms with Crippen LogP contribution in [-0.4, -0.2) is 52.7 Å². The normalized spacial score (nSPS) is 15.3. The fourth-order valence-electron chi connectivity index (χ4n) is 4.31. The van der Waals surface area contributed by atoms with Gasteiger partial charge in [-0.25, -0.2) is 9.97 Å². The number of hydrogen-bond acceptors (Lipinski definition) is 5. The van der Waals surface area contributed by atoms with Gasteiger partial charge >= 0.3 is 0 Å². The quantitative estimate of drug-likeness (QED) is 0.537. The molecule has 6 nitrogen and oxygen atoms in total. The van der Waals surface area contributed by atoms with Crippen molar-refractivity contribution in [2.24, 2.45) is 7.05 Å². The highest BCUT2D eigenvalue weighted by Crippen LogP contribution is 2.34. The van der Waals surface area contributed by atoms with Crippen LogP contribution in [0.1, 0.15) is 5.56 Å². The van der Waals surface area contributed by atoms with Crippen molar-refractivity contribution in [1.29, 1.82) is 0 Å².